The summed E-state index contributed by atoms with van der Waals surface area (Å²) in [6.45, 7) is 4.07. The number of methoxy groups -OCH3 is 1. The van der Waals surface area contributed by atoms with Crippen molar-refractivity contribution >= 4 is 31.9 Å². The molecule has 0 aromatic heterocycles. The predicted molar refractivity (Wildman–Crippen MR) is 85.6 cm³/mol. The van der Waals surface area contributed by atoms with E-state index >= 15 is 0 Å². The maximum absolute atomic E-state index is 8.98. The van der Waals surface area contributed by atoms with Crippen LogP contribution in [0.5, 0.6) is 5.75 Å². The van der Waals surface area contributed by atoms with Gasteiger partial charge in [-0.1, -0.05) is 29.3 Å². The summed E-state index contributed by atoms with van der Waals surface area (Å²) in [6, 6.07) is 4.03. The first-order valence-corrected chi connectivity index (χ1v) is 8.04. The molecule has 0 aliphatic carbocycles. The summed E-state index contributed by atoms with van der Waals surface area (Å²) in [7, 11) is 1.68. The van der Waals surface area contributed by atoms with E-state index in [0.29, 0.717) is 5.92 Å². The Morgan fingerprint density at radius 3 is 2.68 bits per heavy atom. The molecule has 0 bridgehead atoms. The van der Waals surface area contributed by atoms with Crippen LogP contribution in [-0.2, 0) is 6.54 Å². The minimum atomic E-state index is 0.256. The first-order chi connectivity index (χ1) is 9.12. The summed E-state index contributed by atoms with van der Waals surface area (Å²) >= 11 is 6.99. The van der Waals surface area contributed by atoms with Gasteiger partial charge in [0, 0.05) is 23.2 Å². The van der Waals surface area contributed by atoms with Gasteiger partial charge in [0.2, 0.25) is 0 Å². The van der Waals surface area contributed by atoms with E-state index in [-0.39, 0.29) is 6.61 Å². The maximum Gasteiger partial charge on any atom is 0.137 e. The van der Waals surface area contributed by atoms with Gasteiger partial charge < -0.3 is 15.2 Å². The first-order valence-electron chi connectivity index (χ1n) is 6.45. The second-order valence-corrected chi connectivity index (χ2v) is 6.27. The first kappa shape index (κ1) is 17.0. The molecule has 3 nitrogen and oxygen atoms in total. The molecule has 0 aliphatic rings. The third-order valence-corrected chi connectivity index (χ3v) is 4.20. The van der Waals surface area contributed by atoms with Crippen LogP contribution < -0.4 is 10.1 Å². The molecule has 0 spiro atoms. The lowest BCUT2D eigenvalue weighted by molar-refractivity contribution is 0.251. The topological polar surface area (TPSA) is 41.5 Å². The second kappa shape index (κ2) is 8.95. The molecular weight excluding hydrogens is 374 g/mol. The van der Waals surface area contributed by atoms with Gasteiger partial charge in [0.25, 0.3) is 0 Å². The van der Waals surface area contributed by atoms with Crippen LogP contribution >= 0.6 is 31.9 Å². The fraction of sp³-hybridized carbons (Fsp3) is 0.571. The van der Waals surface area contributed by atoms with Crippen LogP contribution in [-0.4, -0.2) is 25.4 Å². The smallest absolute Gasteiger partial charge is 0.137 e. The number of hydrogen-bond acceptors (Lipinski definition) is 3. The number of aliphatic hydroxyl groups is 1. The molecule has 0 radical (unpaired) electrons. The number of hydrogen-bond donors (Lipinski definition) is 2. The minimum absolute atomic E-state index is 0.256. The zero-order valence-corrected chi connectivity index (χ0v) is 14.6. The summed E-state index contributed by atoms with van der Waals surface area (Å²) in [5.74, 6) is 1.39. The zero-order chi connectivity index (χ0) is 14.3. The zero-order valence-electron chi connectivity index (χ0n) is 11.4. The van der Waals surface area contributed by atoms with Crippen molar-refractivity contribution in [3.05, 3.63) is 26.6 Å². The van der Waals surface area contributed by atoms with Crippen LogP contribution in [0.15, 0.2) is 21.1 Å². The molecule has 0 amide bonds. The quantitative estimate of drug-likeness (QED) is 0.705. The van der Waals surface area contributed by atoms with Crippen molar-refractivity contribution in [3.8, 4) is 5.75 Å². The summed E-state index contributed by atoms with van der Waals surface area (Å²) in [5, 5.41) is 12.4. The van der Waals surface area contributed by atoms with Crippen LogP contribution in [0, 0.1) is 5.92 Å². The number of aliphatic hydroxyl groups excluding tert-OH is 1. The van der Waals surface area contributed by atoms with Crippen molar-refractivity contribution in [2.24, 2.45) is 5.92 Å². The number of halogens is 2. The molecule has 0 fully saturated rings. The van der Waals surface area contributed by atoms with Crippen molar-refractivity contribution in [2.75, 3.05) is 20.3 Å². The third kappa shape index (κ3) is 5.42. The molecule has 5 heteroatoms. The Labute approximate surface area is 132 Å². The van der Waals surface area contributed by atoms with Gasteiger partial charge in [0.1, 0.15) is 5.75 Å². The van der Waals surface area contributed by atoms with Crippen molar-refractivity contribution in [2.45, 2.75) is 26.3 Å². The van der Waals surface area contributed by atoms with E-state index in [2.05, 4.69) is 50.2 Å². The van der Waals surface area contributed by atoms with E-state index in [1.165, 1.54) is 0 Å². The number of nitrogens with one attached hydrogen (secondary N) is 1. The Hall–Kier alpha value is -0.100. The van der Waals surface area contributed by atoms with Crippen LogP contribution in [0.25, 0.3) is 0 Å². The van der Waals surface area contributed by atoms with Gasteiger partial charge in [-0.15, -0.1) is 0 Å². The normalized spacial score (nSPS) is 12.5. The number of benzene rings is 1. The molecule has 0 heterocycles. The molecule has 19 heavy (non-hydrogen) atoms. The fourth-order valence-electron chi connectivity index (χ4n) is 2.02. The summed E-state index contributed by atoms with van der Waals surface area (Å²) < 4.78 is 7.39. The standard InChI is InChI=1S/C14H21Br2NO2/c1-3-10(4-5-18)8-17-9-11-6-12(15)7-13(16)14(11)19-2/h6-7,10,17-18H,3-5,8-9H2,1-2H3. The Bertz CT molecular complexity index is 399. The molecule has 1 atom stereocenters. The van der Waals surface area contributed by atoms with Gasteiger partial charge in [-0.25, -0.2) is 0 Å². The van der Waals surface area contributed by atoms with Gasteiger partial charge >= 0.3 is 0 Å². The molecular formula is C14H21Br2NO2. The Morgan fingerprint density at radius 1 is 1.37 bits per heavy atom. The molecule has 1 aromatic carbocycles. The van der Waals surface area contributed by atoms with E-state index in [4.69, 9.17) is 9.84 Å². The largest absolute Gasteiger partial charge is 0.495 e. The lowest BCUT2D eigenvalue weighted by Crippen LogP contribution is -2.23. The molecule has 1 aromatic rings. The van der Waals surface area contributed by atoms with Crippen LogP contribution in [0.3, 0.4) is 0 Å². The van der Waals surface area contributed by atoms with Crippen molar-refractivity contribution < 1.29 is 9.84 Å². The Morgan fingerprint density at radius 2 is 2.11 bits per heavy atom. The molecule has 1 unspecified atom stereocenters. The highest BCUT2D eigenvalue weighted by molar-refractivity contribution is 9.11. The van der Waals surface area contributed by atoms with E-state index in [1.54, 1.807) is 7.11 Å². The van der Waals surface area contributed by atoms with Crippen LogP contribution in [0.2, 0.25) is 0 Å². The lowest BCUT2D eigenvalue weighted by atomic mass is 10.0. The van der Waals surface area contributed by atoms with Gasteiger partial charge in [-0.05, 0) is 46.9 Å². The SMILES string of the molecule is CCC(CCO)CNCc1cc(Br)cc(Br)c1OC. The van der Waals surface area contributed by atoms with Crippen LogP contribution in [0.1, 0.15) is 25.3 Å². The molecule has 0 saturated heterocycles. The number of rotatable bonds is 8. The van der Waals surface area contributed by atoms with E-state index in [1.807, 2.05) is 6.07 Å². The average Bonchev–Trinajstić information content (AvgIpc) is 2.37. The predicted octanol–water partition coefficient (Wildman–Crippen LogP) is 3.72. The highest BCUT2D eigenvalue weighted by Crippen LogP contribution is 2.32. The van der Waals surface area contributed by atoms with Gasteiger partial charge in [-0.3, -0.25) is 0 Å². The van der Waals surface area contributed by atoms with E-state index in [9.17, 15) is 0 Å². The molecule has 0 saturated carbocycles. The van der Waals surface area contributed by atoms with Crippen LogP contribution in [0.4, 0.5) is 0 Å². The molecule has 1 rings (SSSR count). The molecule has 2 N–H and O–H groups in total. The monoisotopic (exact) mass is 393 g/mol. The maximum atomic E-state index is 8.98. The Balaban J connectivity index is 2.62. The van der Waals surface area contributed by atoms with Gasteiger partial charge in [-0.2, -0.15) is 0 Å². The number of ether oxygens (including phenoxy) is 1. The fourth-order valence-corrected chi connectivity index (χ4v) is 3.49. The highest BCUT2D eigenvalue weighted by Gasteiger charge is 2.10. The van der Waals surface area contributed by atoms with Crippen molar-refractivity contribution in [3.63, 3.8) is 0 Å². The van der Waals surface area contributed by atoms with Crippen molar-refractivity contribution in [1.82, 2.24) is 5.32 Å². The Kier molecular flexibility index (Phi) is 7.99. The lowest BCUT2D eigenvalue weighted by Gasteiger charge is -2.16. The molecule has 0 aliphatic heterocycles. The van der Waals surface area contributed by atoms with E-state index < -0.39 is 0 Å². The summed E-state index contributed by atoms with van der Waals surface area (Å²) in [4.78, 5) is 0. The summed E-state index contributed by atoms with van der Waals surface area (Å²) in [5.41, 5.74) is 1.11. The van der Waals surface area contributed by atoms with Crippen molar-refractivity contribution in [1.29, 1.82) is 0 Å². The third-order valence-electron chi connectivity index (χ3n) is 3.15. The minimum Gasteiger partial charge on any atom is -0.495 e. The second-order valence-electron chi connectivity index (χ2n) is 4.50. The highest BCUT2D eigenvalue weighted by atomic mass is 79.9. The van der Waals surface area contributed by atoms with Gasteiger partial charge in [0.15, 0.2) is 0 Å². The molecule has 108 valence electrons. The summed E-state index contributed by atoms with van der Waals surface area (Å²) in [6.07, 6.45) is 1.93. The average molecular weight is 395 g/mol. The van der Waals surface area contributed by atoms with E-state index in [0.717, 1.165) is 46.2 Å². The van der Waals surface area contributed by atoms with Gasteiger partial charge in [0.05, 0.1) is 11.6 Å².